The van der Waals surface area contributed by atoms with Crippen molar-refractivity contribution in [1.29, 1.82) is 0 Å². The van der Waals surface area contributed by atoms with E-state index in [1.807, 2.05) is 30.3 Å². The highest BCUT2D eigenvalue weighted by atomic mass is 16.5. The van der Waals surface area contributed by atoms with E-state index < -0.39 is 0 Å². The zero-order valence-electron chi connectivity index (χ0n) is 15.6. The second-order valence-electron chi connectivity index (χ2n) is 7.22. The Hall–Kier alpha value is -2.82. The molecule has 140 valence electrons. The van der Waals surface area contributed by atoms with Gasteiger partial charge in [-0.1, -0.05) is 30.3 Å². The summed E-state index contributed by atoms with van der Waals surface area (Å²) in [7, 11) is 1.61. The minimum absolute atomic E-state index is 0.0175. The van der Waals surface area contributed by atoms with Gasteiger partial charge in [0, 0.05) is 30.8 Å². The Kier molecular flexibility index (Phi) is 4.84. The van der Waals surface area contributed by atoms with Crippen LogP contribution >= 0.6 is 0 Å². The van der Waals surface area contributed by atoms with Crippen LogP contribution in [0.5, 0.6) is 5.75 Å². The Labute approximate surface area is 159 Å². The number of rotatable bonds is 3. The van der Waals surface area contributed by atoms with Crippen LogP contribution in [0, 0.1) is 5.92 Å². The average molecular weight is 364 g/mol. The van der Waals surface area contributed by atoms with E-state index in [0.717, 1.165) is 30.7 Å². The molecule has 0 N–H and O–H groups in total. The van der Waals surface area contributed by atoms with E-state index in [-0.39, 0.29) is 24.3 Å². The maximum Gasteiger partial charge on any atom is 0.246 e. The first-order chi connectivity index (χ1) is 13.2. The number of benzene rings is 2. The zero-order chi connectivity index (χ0) is 18.8. The minimum atomic E-state index is -0.0425. The van der Waals surface area contributed by atoms with Crippen LogP contribution in [0.15, 0.2) is 48.5 Å². The van der Waals surface area contributed by atoms with Crippen molar-refractivity contribution in [1.82, 2.24) is 4.90 Å². The summed E-state index contributed by atoms with van der Waals surface area (Å²) in [6.07, 6.45) is 2.57. The zero-order valence-corrected chi connectivity index (χ0v) is 15.6. The van der Waals surface area contributed by atoms with Crippen molar-refractivity contribution in [3.8, 4) is 5.75 Å². The van der Waals surface area contributed by atoms with Crippen molar-refractivity contribution < 1.29 is 14.3 Å². The number of piperazine rings is 1. The summed E-state index contributed by atoms with van der Waals surface area (Å²) in [5.41, 5.74) is 3.43. The van der Waals surface area contributed by atoms with E-state index in [1.54, 1.807) is 16.9 Å². The molecule has 0 aromatic heterocycles. The maximum atomic E-state index is 13.0. The summed E-state index contributed by atoms with van der Waals surface area (Å²) in [4.78, 5) is 29.1. The molecular weight excluding hydrogens is 340 g/mol. The first-order valence-corrected chi connectivity index (χ1v) is 9.45. The lowest BCUT2D eigenvalue weighted by Crippen LogP contribution is -2.54. The number of carbonyl (C=O) groups excluding carboxylic acids is 2. The standard InChI is InChI=1S/C22H24N2O3/c1-27-20-8-4-7-19(14-20)24-12-11-23(15-21(24)25)22(26)18-10-9-16-5-2-3-6-17(16)13-18/h2-8,14,18H,9-13,15H2,1H3/t18-/m1/s1. The molecule has 1 heterocycles. The van der Waals surface area contributed by atoms with Crippen LogP contribution < -0.4 is 9.64 Å². The third kappa shape index (κ3) is 3.54. The van der Waals surface area contributed by atoms with E-state index in [9.17, 15) is 9.59 Å². The molecule has 27 heavy (non-hydrogen) atoms. The molecule has 1 aliphatic carbocycles. The molecule has 0 bridgehead atoms. The van der Waals surface area contributed by atoms with E-state index >= 15 is 0 Å². The fourth-order valence-corrected chi connectivity index (χ4v) is 4.08. The van der Waals surface area contributed by atoms with Crippen molar-refractivity contribution in [2.24, 2.45) is 5.92 Å². The Morgan fingerprint density at radius 2 is 1.89 bits per heavy atom. The van der Waals surface area contributed by atoms with Gasteiger partial charge in [-0.05, 0) is 42.5 Å². The summed E-state index contributed by atoms with van der Waals surface area (Å²) < 4.78 is 5.25. The quantitative estimate of drug-likeness (QED) is 0.841. The second kappa shape index (κ2) is 7.43. The lowest BCUT2D eigenvalue weighted by molar-refractivity contribution is -0.140. The molecule has 5 nitrogen and oxygen atoms in total. The first-order valence-electron chi connectivity index (χ1n) is 9.45. The molecule has 0 saturated carbocycles. The molecule has 0 unspecified atom stereocenters. The van der Waals surface area contributed by atoms with Crippen molar-refractivity contribution in [3.63, 3.8) is 0 Å². The summed E-state index contributed by atoms with van der Waals surface area (Å²) in [5.74, 6) is 0.776. The Morgan fingerprint density at radius 1 is 1.07 bits per heavy atom. The van der Waals surface area contributed by atoms with Crippen LogP contribution in [-0.4, -0.2) is 43.5 Å². The monoisotopic (exact) mass is 364 g/mol. The summed E-state index contributed by atoms with van der Waals surface area (Å²) >= 11 is 0. The van der Waals surface area contributed by atoms with E-state index in [4.69, 9.17) is 4.74 Å². The lowest BCUT2D eigenvalue weighted by Gasteiger charge is -2.37. The van der Waals surface area contributed by atoms with Gasteiger partial charge < -0.3 is 14.5 Å². The average Bonchev–Trinajstić information content (AvgIpc) is 2.72. The number of hydrogen-bond donors (Lipinski definition) is 0. The number of carbonyl (C=O) groups is 2. The number of methoxy groups -OCH3 is 1. The van der Waals surface area contributed by atoms with Gasteiger partial charge in [0.2, 0.25) is 11.8 Å². The van der Waals surface area contributed by atoms with Gasteiger partial charge in [-0.15, -0.1) is 0 Å². The molecular formula is C22H24N2O3. The number of ether oxygens (including phenoxy) is 1. The van der Waals surface area contributed by atoms with Gasteiger partial charge in [-0.3, -0.25) is 9.59 Å². The molecule has 2 aromatic carbocycles. The van der Waals surface area contributed by atoms with Crippen LogP contribution in [0.4, 0.5) is 5.69 Å². The van der Waals surface area contributed by atoms with Crippen LogP contribution in [0.2, 0.25) is 0 Å². The third-order valence-electron chi connectivity index (χ3n) is 5.59. The molecule has 4 rings (SSSR count). The third-order valence-corrected chi connectivity index (χ3v) is 5.59. The van der Waals surface area contributed by atoms with Crippen molar-refractivity contribution in [2.45, 2.75) is 19.3 Å². The highest BCUT2D eigenvalue weighted by Gasteiger charge is 2.33. The number of fused-ring (bicyclic) bond motifs is 1. The molecule has 2 aromatic rings. The van der Waals surface area contributed by atoms with Crippen molar-refractivity contribution in [3.05, 3.63) is 59.7 Å². The van der Waals surface area contributed by atoms with Gasteiger partial charge >= 0.3 is 0 Å². The van der Waals surface area contributed by atoms with Crippen LogP contribution in [-0.2, 0) is 22.4 Å². The van der Waals surface area contributed by atoms with E-state index in [0.29, 0.717) is 13.1 Å². The molecule has 1 atom stereocenters. The van der Waals surface area contributed by atoms with Gasteiger partial charge in [-0.2, -0.15) is 0 Å². The Balaban J connectivity index is 1.42. The normalized spacial score (nSPS) is 19.6. The number of amides is 2. The second-order valence-corrected chi connectivity index (χ2v) is 7.22. The number of anilines is 1. The fraction of sp³-hybridized carbons (Fsp3) is 0.364. The van der Waals surface area contributed by atoms with Crippen molar-refractivity contribution in [2.75, 3.05) is 31.6 Å². The number of aryl methyl sites for hydroxylation is 1. The minimum Gasteiger partial charge on any atom is -0.497 e. The summed E-state index contributed by atoms with van der Waals surface area (Å²) in [6, 6.07) is 15.8. The largest absolute Gasteiger partial charge is 0.497 e. The molecule has 1 saturated heterocycles. The van der Waals surface area contributed by atoms with Gasteiger partial charge in [0.25, 0.3) is 0 Å². The lowest BCUT2D eigenvalue weighted by atomic mass is 9.83. The highest BCUT2D eigenvalue weighted by Crippen LogP contribution is 2.28. The smallest absolute Gasteiger partial charge is 0.246 e. The number of hydrogen-bond acceptors (Lipinski definition) is 3. The molecule has 5 heteroatoms. The molecule has 0 radical (unpaired) electrons. The SMILES string of the molecule is COc1cccc(N2CCN(C(=O)[C@@H]3CCc4ccccc4C3)CC2=O)c1. The van der Waals surface area contributed by atoms with E-state index in [1.165, 1.54) is 11.1 Å². The predicted molar refractivity (Wildman–Crippen MR) is 104 cm³/mol. The van der Waals surface area contributed by atoms with Gasteiger partial charge in [0.05, 0.1) is 7.11 Å². The van der Waals surface area contributed by atoms with Crippen LogP contribution in [0.3, 0.4) is 0 Å². The Bertz CT molecular complexity index is 864. The molecule has 2 amide bonds. The van der Waals surface area contributed by atoms with Crippen molar-refractivity contribution >= 4 is 17.5 Å². The van der Waals surface area contributed by atoms with Gasteiger partial charge in [0.1, 0.15) is 12.3 Å². The number of nitrogens with zero attached hydrogens (tertiary/aromatic N) is 2. The topological polar surface area (TPSA) is 49.9 Å². The molecule has 1 aliphatic heterocycles. The van der Waals surface area contributed by atoms with Gasteiger partial charge in [-0.25, -0.2) is 0 Å². The maximum absolute atomic E-state index is 13.0. The van der Waals surface area contributed by atoms with E-state index in [2.05, 4.69) is 18.2 Å². The summed E-state index contributed by atoms with van der Waals surface area (Å²) in [5, 5.41) is 0. The Morgan fingerprint density at radius 3 is 2.67 bits per heavy atom. The molecule has 2 aliphatic rings. The first kappa shape index (κ1) is 17.6. The van der Waals surface area contributed by atoms with Gasteiger partial charge in [0.15, 0.2) is 0 Å². The predicted octanol–water partition coefficient (Wildman–Crippen LogP) is 2.68. The summed E-state index contributed by atoms with van der Waals surface area (Å²) in [6.45, 7) is 1.23. The molecule has 1 fully saturated rings. The molecule has 0 spiro atoms. The fourth-order valence-electron chi connectivity index (χ4n) is 4.08. The van der Waals surface area contributed by atoms with Crippen LogP contribution in [0.1, 0.15) is 17.5 Å². The van der Waals surface area contributed by atoms with Crippen LogP contribution in [0.25, 0.3) is 0 Å². The highest BCUT2D eigenvalue weighted by molar-refractivity contribution is 5.98.